The van der Waals surface area contributed by atoms with Crippen molar-refractivity contribution in [2.45, 2.75) is 26.8 Å². The van der Waals surface area contributed by atoms with Crippen LogP contribution in [-0.4, -0.2) is 23.3 Å². The van der Waals surface area contributed by atoms with E-state index in [1.807, 2.05) is 75.4 Å². The van der Waals surface area contributed by atoms with E-state index in [0.717, 1.165) is 39.1 Å². The Bertz CT molecular complexity index is 1570. The minimum absolute atomic E-state index is 0.0832. The molecule has 0 spiro atoms. The van der Waals surface area contributed by atoms with Crippen LogP contribution in [0.2, 0.25) is 0 Å². The van der Waals surface area contributed by atoms with Gasteiger partial charge in [0.15, 0.2) is 6.04 Å². The molecule has 2 aromatic carbocycles. The zero-order valence-electron chi connectivity index (χ0n) is 20.4. The summed E-state index contributed by atoms with van der Waals surface area (Å²) < 4.78 is 12.1. The highest BCUT2D eigenvalue weighted by atomic mass is 32.1. The summed E-state index contributed by atoms with van der Waals surface area (Å²) in [6, 6.07) is 18.0. The summed E-state index contributed by atoms with van der Waals surface area (Å²) in [4.78, 5) is 9.94. The number of nitrogen functional groups attached to an aromatic ring is 1. The highest BCUT2D eigenvalue weighted by Crippen LogP contribution is 2.41. The van der Waals surface area contributed by atoms with Crippen LogP contribution >= 0.6 is 11.3 Å². The van der Waals surface area contributed by atoms with Crippen molar-refractivity contribution in [2.75, 3.05) is 12.8 Å². The number of aliphatic imine (C=N–C) groups is 1. The molecule has 36 heavy (non-hydrogen) atoms. The molecule has 0 unspecified atom stereocenters. The topological polar surface area (TPSA) is 113 Å². The normalized spacial score (nSPS) is 12.0. The van der Waals surface area contributed by atoms with Gasteiger partial charge in [-0.25, -0.2) is 9.98 Å². The molecule has 182 valence electrons. The Kier molecular flexibility index (Phi) is 6.15. The minimum Gasteiger partial charge on any atom is -0.857 e. The summed E-state index contributed by atoms with van der Waals surface area (Å²) in [7, 11) is 1.63. The summed E-state index contributed by atoms with van der Waals surface area (Å²) in [5.74, 6) is 0.388. The second kappa shape index (κ2) is 9.43. The highest BCUT2D eigenvalue weighted by Gasteiger charge is 2.19. The van der Waals surface area contributed by atoms with Gasteiger partial charge in [0.1, 0.15) is 10.6 Å². The van der Waals surface area contributed by atoms with Gasteiger partial charge in [0.25, 0.3) is 6.20 Å². The lowest BCUT2D eigenvalue weighted by Gasteiger charge is -2.10. The molecule has 0 fully saturated rings. The number of hydrogen-bond acceptors (Lipinski definition) is 8. The second-order valence-electron chi connectivity index (χ2n) is 8.71. The average Bonchev–Trinajstić information content (AvgIpc) is 3.49. The molecule has 5 rings (SSSR count). The molecule has 0 bridgehead atoms. The first kappa shape index (κ1) is 23.5. The van der Waals surface area contributed by atoms with Crippen LogP contribution < -0.4 is 20.3 Å². The van der Waals surface area contributed by atoms with E-state index >= 15 is 0 Å². The third-order valence-corrected chi connectivity index (χ3v) is 6.94. The van der Waals surface area contributed by atoms with Gasteiger partial charge < -0.3 is 15.6 Å². The zero-order chi connectivity index (χ0) is 25.4. The van der Waals surface area contributed by atoms with E-state index in [1.165, 1.54) is 11.3 Å². The lowest BCUT2D eigenvalue weighted by molar-refractivity contribution is -0.779. The van der Waals surface area contributed by atoms with Crippen LogP contribution in [0.5, 0.6) is 5.75 Å². The summed E-state index contributed by atoms with van der Waals surface area (Å²) in [5, 5.41) is 17.8. The van der Waals surface area contributed by atoms with Crippen molar-refractivity contribution >= 4 is 39.0 Å². The molecule has 0 aliphatic rings. The Morgan fingerprint density at radius 1 is 1.11 bits per heavy atom. The number of ether oxygens (including phenoxy) is 1. The number of fused-ring (bicyclic) bond motifs is 1. The lowest BCUT2D eigenvalue weighted by atomic mass is 9.98. The van der Waals surface area contributed by atoms with E-state index in [0.29, 0.717) is 15.4 Å². The van der Waals surface area contributed by atoms with Crippen molar-refractivity contribution in [2.24, 2.45) is 4.99 Å². The number of methoxy groups -OCH3 is 1. The van der Waals surface area contributed by atoms with E-state index in [2.05, 4.69) is 10.3 Å². The molecule has 0 saturated heterocycles. The Labute approximate surface area is 212 Å². The first-order valence-corrected chi connectivity index (χ1v) is 12.2. The molecule has 0 aliphatic carbocycles. The van der Waals surface area contributed by atoms with Gasteiger partial charge in [0.2, 0.25) is 5.27 Å². The predicted molar refractivity (Wildman–Crippen MR) is 139 cm³/mol. The van der Waals surface area contributed by atoms with Gasteiger partial charge in [-0.1, -0.05) is 29.8 Å². The van der Waals surface area contributed by atoms with Crippen LogP contribution in [0.3, 0.4) is 0 Å². The van der Waals surface area contributed by atoms with Crippen molar-refractivity contribution in [3.8, 4) is 28.1 Å². The molecule has 2 N–H and O–H groups in total. The van der Waals surface area contributed by atoms with Gasteiger partial charge in [-0.15, -0.1) is 11.3 Å². The number of benzene rings is 2. The number of aromatic nitrogens is 3. The third kappa shape index (κ3) is 4.40. The number of aryl methyl sites for hydroxylation is 1. The number of pyridine rings is 1. The van der Waals surface area contributed by atoms with Crippen molar-refractivity contribution in [3.63, 3.8) is 0 Å². The molecule has 0 aliphatic heterocycles. The molecule has 5 aromatic rings. The molecule has 3 aromatic heterocycles. The Balaban J connectivity index is 1.68. The van der Waals surface area contributed by atoms with Crippen LogP contribution in [0, 0.1) is 6.92 Å². The van der Waals surface area contributed by atoms with E-state index in [1.54, 1.807) is 18.0 Å². The van der Waals surface area contributed by atoms with Gasteiger partial charge in [0.05, 0.1) is 23.4 Å². The highest BCUT2D eigenvalue weighted by molar-refractivity contribution is 7.21. The quantitative estimate of drug-likeness (QED) is 0.203. The lowest BCUT2D eigenvalue weighted by Crippen LogP contribution is -2.36. The SMILES string of the molecule is COc1ccc(-c2cc(-c3ccc(C)cc3)c3c(N)c(/C([O-])=N/c4c[n+](C(C)C)no4)sc3n2)cc1. The largest absolute Gasteiger partial charge is 0.857 e. The van der Waals surface area contributed by atoms with Crippen LogP contribution in [-0.2, 0) is 0 Å². The van der Waals surface area contributed by atoms with Crippen molar-refractivity contribution in [1.29, 1.82) is 0 Å². The number of anilines is 1. The molecular weight excluding hydrogens is 474 g/mol. The predicted octanol–water partition coefficient (Wildman–Crippen LogP) is 4.82. The number of thiophene rings is 1. The Morgan fingerprint density at radius 3 is 2.44 bits per heavy atom. The molecule has 0 radical (unpaired) electrons. The average molecular weight is 500 g/mol. The molecular formula is C27H25N5O3S. The maximum atomic E-state index is 13.1. The van der Waals surface area contributed by atoms with Crippen molar-refractivity contribution < 1.29 is 19.0 Å². The number of hydrogen-bond donors (Lipinski definition) is 1. The number of rotatable bonds is 6. The Hall–Kier alpha value is -4.24. The Morgan fingerprint density at radius 2 is 1.81 bits per heavy atom. The molecule has 0 amide bonds. The maximum absolute atomic E-state index is 13.1. The van der Waals surface area contributed by atoms with Gasteiger partial charge in [-0.05, 0) is 66.9 Å². The second-order valence-corrected chi connectivity index (χ2v) is 9.70. The maximum Gasteiger partial charge on any atom is 0.320 e. The van der Waals surface area contributed by atoms with Crippen molar-refractivity contribution in [1.82, 2.24) is 10.3 Å². The fraction of sp³-hybridized carbons (Fsp3) is 0.185. The monoisotopic (exact) mass is 499 g/mol. The van der Waals surface area contributed by atoms with Crippen LogP contribution in [0.25, 0.3) is 32.6 Å². The fourth-order valence-electron chi connectivity index (χ4n) is 3.84. The van der Waals surface area contributed by atoms with E-state index in [-0.39, 0.29) is 11.9 Å². The minimum atomic E-state index is -0.497. The molecule has 8 nitrogen and oxygen atoms in total. The molecule has 0 saturated carbocycles. The first-order valence-electron chi connectivity index (χ1n) is 11.4. The van der Waals surface area contributed by atoms with Crippen molar-refractivity contribution in [3.05, 3.63) is 71.2 Å². The smallest absolute Gasteiger partial charge is 0.320 e. The van der Waals surface area contributed by atoms with Crippen LogP contribution in [0.15, 0.2) is 70.3 Å². The van der Waals surface area contributed by atoms with Gasteiger partial charge in [0, 0.05) is 16.8 Å². The van der Waals surface area contributed by atoms with E-state index in [4.69, 9.17) is 20.0 Å². The van der Waals surface area contributed by atoms with Gasteiger partial charge in [-0.2, -0.15) is 0 Å². The molecule has 3 heterocycles. The summed E-state index contributed by atoms with van der Waals surface area (Å²) >= 11 is 1.22. The van der Waals surface area contributed by atoms with Gasteiger partial charge in [-0.3, -0.25) is 4.52 Å². The first-order chi connectivity index (χ1) is 17.3. The van der Waals surface area contributed by atoms with Gasteiger partial charge >= 0.3 is 5.88 Å². The molecule has 9 heteroatoms. The fourth-order valence-corrected chi connectivity index (χ4v) is 4.85. The molecule has 0 atom stereocenters. The van der Waals surface area contributed by atoms with E-state index in [9.17, 15) is 5.11 Å². The van der Waals surface area contributed by atoms with E-state index < -0.39 is 5.90 Å². The number of nitrogens with two attached hydrogens (primary N) is 1. The van der Waals surface area contributed by atoms with Crippen LogP contribution in [0.1, 0.15) is 30.3 Å². The standard InChI is InChI=1S/C27H25N5O3S/c1-15(2)32-14-22(35-31-32)30-26(33)25-24(28)23-20(17-7-5-16(3)6-8-17)13-21(29-27(23)36-25)18-9-11-19(34-4)12-10-18/h5-15H,1-4H3,(H2-,28,30,31,33). The summed E-state index contributed by atoms with van der Waals surface area (Å²) in [6.45, 7) is 5.95. The van der Waals surface area contributed by atoms with Crippen LogP contribution in [0.4, 0.5) is 11.6 Å². The zero-order valence-corrected chi connectivity index (χ0v) is 21.2. The summed E-state index contributed by atoms with van der Waals surface area (Å²) in [6.07, 6.45) is 1.59. The summed E-state index contributed by atoms with van der Waals surface area (Å²) in [5.41, 5.74) is 11.6. The third-order valence-electron chi connectivity index (χ3n) is 5.85. The number of nitrogens with zero attached hydrogens (tertiary/aromatic N) is 4.